The molecular weight excluding hydrogens is 362 g/mol. The van der Waals surface area contributed by atoms with Gasteiger partial charge in [0.15, 0.2) is 0 Å². The molecule has 148 valence electrons. The van der Waals surface area contributed by atoms with Crippen LogP contribution in [0.4, 0.5) is 0 Å². The van der Waals surface area contributed by atoms with Crippen molar-refractivity contribution < 1.29 is 4.79 Å². The topological polar surface area (TPSA) is 79.9 Å². The van der Waals surface area contributed by atoms with Gasteiger partial charge in [-0.3, -0.25) is 9.69 Å². The highest BCUT2D eigenvalue weighted by molar-refractivity contribution is 6.04. The molecule has 6 heteroatoms. The Kier molecular flexibility index (Phi) is 5.18. The highest BCUT2D eigenvalue weighted by Gasteiger charge is 2.12. The fourth-order valence-corrected chi connectivity index (χ4v) is 3.56. The largest absolute Gasteiger partial charge is 0.366 e. The highest BCUT2D eigenvalue weighted by atomic mass is 16.1. The molecule has 0 atom stereocenters. The summed E-state index contributed by atoms with van der Waals surface area (Å²) in [5, 5.41) is 0. The number of para-hydroxylation sites is 1. The van der Waals surface area contributed by atoms with Crippen molar-refractivity contribution in [3.05, 3.63) is 72.1 Å². The van der Waals surface area contributed by atoms with Gasteiger partial charge in [-0.1, -0.05) is 19.9 Å². The average molecular weight is 387 g/mol. The molecule has 3 N–H and O–H groups in total. The Morgan fingerprint density at radius 1 is 1.10 bits per heavy atom. The minimum Gasteiger partial charge on any atom is -0.366 e. The molecule has 2 aromatic carbocycles. The molecule has 0 saturated carbocycles. The van der Waals surface area contributed by atoms with Gasteiger partial charge in [-0.05, 0) is 61.1 Å². The number of hydrogen-bond donors (Lipinski definition) is 2. The number of nitrogens with two attached hydrogens (primary N) is 1. The van der Waals surface area contributed by atoms with Crippen LogP contribution in [0.2, 0.25) is 0 Å². The number of fused-ring (bicyclic) bond motifs is 1. The Hall–Kier alpha value is -3.38. The number of benzene rings is 2. The van der Waals surface area contributed by atoms with E-state index < -0.39 is 5.91 Å². The Morgan fingerprint density at radius 3 is 2.55 bits per heavy atom. The van der Waals surface area contributed by atoms with E-state index in [9.17, 15) is 4.79 Å². The molecule has 0 spiro atoms. The molecule has 29 heavy (non-hydrogen) atoms. The molecule has 4 aromatic rings. The van der Waals surface area contributed by atoms with Crippen molar-refractivity contribution in [1.29, 1.82) is 0 Å². The third kappa shape index (κ3) is 3.79. The van der Waals surface area contributed by atoms with E-state index in [1.54, 1.807) is 12.1 Å². The van der Waals surface area contributed by atoms with Crippen molar-refractivity contribution >= 4 is 16.9 Å². The van der Waals surface area contributed by atoms with E-state index in [2.05, 4.69) is 63.9 Å². The van der Waals surface area contributed by atoms with Crippen molar-refractivity contribution in [2.75, 3.05) is 13.1 Å². The SMILES string of the molecule is CCN(CC)Cc1ccn(-c2ccc(-c3nc4c(C(N)=O)cccc4[nH]3)cc2)c1. The Balaban J connectivity index is 1.59. The molecule has 2 heterocycles. The van der Waals surface area contributed by atoms with E-state index in [-0.39, 0.29) is 0 Å². The molecule has 0 fully saturated rings. The first-order valence-electron chi connectivity index (χ1n) is 9.87. The van der Waals surface area contributed by atoms with Crippen LogP contribution in [-0.4, -0.2) is 38.4 Å². The number of aromatic nitrogens is 3. The fourth-order valence-electron chi connectivity index (χ4n) is 3.56. The van der Waals surface area contributed by atoms with E-state index >= 15 is 0 Å². The van der Waals surface area contributed by atoms with Crippen LogP contribution < -0.4 is 5.73 Å². The second-order valence-electron chi connectivity index (χ2n) is 7.09. The van der Waals surface area contributed by atoms with E-state index in [4.69, 9.17) is 5.73 Å². The number of hydrogen-bond acceptors (Lipinski definition) is 3. The minimum atomic E-state index is -0.475. The number of H-pyrrole nitrogens is 1. The minimum absolute atomic E-state index is 0.426. The lowest BCUT2D eigenvalue weighted by Gasteiger charge is -2.16. The zero-order valence-electron chi connectivity index (χ0n) is 16.7. The summed E-state index contributed by atoms with van der Waals surface area (Å²) in [5.74, 6) is 0.243. The third-order valence-electron chi connectivity index (χ3n) is 5.27. The molecule has 2 aromatic heterocycles. The highest BCUT2D eigenvalue weighted by Crippen LogP contribution is 2.24. The zero-order valence-corrected chi connectivity index (χ0v) is 16.7. The van der Waals surface area contributed by atoms with Crippen LogP contribution in [0.15, 0.2) is 60.9 Å². The Bertz CT molecular complexity index is 1140. The van der Waals surface area contributed by atoms with Crippen molar-refractivity contribution in [1.82, 2.24) is 19.4 Å². The van der Waals surface area contributed by atoms with Crippen molar-refractivity contribution in [3.8, 4) is 17.1 Å². The van der Waals surface area contributed by atoms with Gasteiger partial charge in [0.1, 0.15) is 11.3 Å². The summed E-state index contributed by atoms with van der Waals surface area (Å²) in [7, 11) is 0. The van der Waals surface area contributed by atoms with Gasteiger partial charge in [-0.25, -0.2) is 4.98 Å². The number of imidazole rings is 1. The van der Waals surface area contributed by atoms with Gasteiger partial charge in [-0.15, -0.1) is 0 Å². The summed E-state index contributed by atoms with van der Waals surface area (Å²) in [4.78, 5) is 21.9. The standard InChI is InChI=1S/C23H25N5O/c1-3-27(4-2)14-16-12-13-28(15-16)18-10-8-17(9-11-18)23-25-20-7-5-6-19(22(24)29)21(20)26-23/h5-13,15H,3-4,14H2,1-2H3,(H2,24,29)(H,25,26). The summed E-state index contributed by atoms with van der Waals surface area (Å²) in [6.07, 6.45) is 4.27. The van der Waals surface area contributed by atoms with Crippen molar-refractivity contribution in [3.63, 3.8) is 0 Å². The monoisotopic (exact) mass is 387 g/mol. The molecule has 0 bridgehead atoms. The molecule has 4 rings (SSSR count). The number of amides is 1. The number of nitrogens with one attached hydrogen (secondary N) is 1. The van der Waals surface area contributed by atoms with E-state index in [1.165, 1.54) is 5.56 Å². The first-order valence-corrected chi connectivity index (χ1v) is 9.87. The summed E-state index contributed by atoms with van der Waals surface area (Å²) in [5.41, 5.74) is 10.6. The maximum atomic E-state index is 11.6. The predicted molar refractivity (Wildman–Crippen MR) is 116 cm³/mol. The van der Waals surface area contributed by atoms with Crippen LogP contribution in [0.5, 0.6) is 0 Å². The number of nitrogens with zero attached hydrogens (tertiary/aromatic N) is 3. The van der Waals surface area contributed by atoms with Crippen LogP contribution >= 0.6 is 0 Å². The summed E-state index contributed by atoms with van der Waals surface area (Å²) in [6.45, 7) is 7.42. The second kappa shape index (κ2) is 7.93. The molecule has 0 unspecified atom stereocenters. The number of primary amides is 1. The summed E-state index contributed by atoms with van der Waals surface area (Å²) in [6, 6.07) is 15.7. The fraction of sp³-hybridized carbons (Fsp3) is 0.217. The summed E-state index contributed by atoms with van der Waals surface area (Å²) >= 11 is 0. The first kappa shape index (κ1) is 19.0. The quantitative estimate of drug-likeness (QED) is 0.504. The number of rotatable bonds is 7. The maximum absolute atomic E-state index is 11.6. The van der Waals surface area contributed by atoms with Crippen LogP contribution in [-0.2, 0) is 6.54 Å². The lowest BCUT2D eigenvalue weighted by atomic mass is 10.2. The Labute approximate surface area is 170 Å². The first-order chi connectivity index (χ1) is 14.1. The number of aromatic amines is 1. The molecule has 1 amide bonds. The molecule has 0 saturated heterocycles. The van der Waals surface area contributed by atoms with Crippen LogP contribution in [0, 0.1) is 0 Å². The normalized spacial score (nSPS) is 11.4. The predicted octanol–water partition coefficient (Wildman–Crippen LogP) is 3.96. The van der Waals surface area contributed by atoms with Crippen LogP contribution in [0.3, 0.4) is 0 Å². The zero-order chi connectivity index (χ0) is 20.4. The van der Waals surface area contributed by atoms with Gasteiger partial charge >= 0.3 is 0 Å². The number of carbonyl (C=O) groups excluding carboxylic acids is 1. The van der Waals surface area contributed by atoms with Crippen LogP contribution in [0.25, 0.3) is 28.1 Å². The van der Waals surface area contributed by atoms with Gasteiger partial charge in [-0.2, -0.15) is 0 Å². The third-order valence-corrected chi connectivity index (χ3v) is 5.27. The molecule has 0 radical (unpaired) electrons. The van der Waals surface area contributed by atoms with Crippen LogP contribution in [0.1, 0.15) is 29.8 Å². The van der Waals surface area contributed by atoms with Gasteiger partial charge in [0, 0.05) is 30.2 Å². The molecular formula is C23H25N5O. The maximum Gasteiger partial charge on any atom is 0.250 e. The van der Waals surface area contributed by atoms with E-state index in [0.717, 1.165) is 42.2 Å². The smallest absolute Gasteiger partial charge is 0.250 e. The van der Waals surface area contributed by atoms with Gasteiger partial charge in [0.25, 0.3) is 5.91 Å². The molecule has 0 aliphatic rings. The average Bonchev–Trinajstić information content (AvgIpc) is 3.38. The van der Waals surface area contributed by atoms with Gasteiger partial charge in [0.2, 0.25) is 0 Å². The Morgan fingerprint density at radius 2 is 1.86 bits per heavy atom. The van der Waals surface area contributed by atoms with Crippen molar-refractivity contribution in [2.45, 2.75) is 20.4 Å². The summed E-state index contributed by atoms with van der Waals surface area (Å²) < 4.78 is 2.13. The van der Waals surface area contributed by atoms with E-state index in [0.29, 0.717) is 11.1 Å². The lowest BCUT2D eigenvalue weighted by molar-refractivity contribution is 0.100. The van der Waals surface area contributed by atoms with Gasteiger partial charge in [0.05, 0.1) is 11.1 Å². The second-order valence-corrected chi connectivity index (χ2v) is 7.09. The molecule has 6 nitrogen and oxygen atoms in total. The molecule has 0 aliphatic carbocycles. The van der Waals surface area contributed by atoms with Gasteiger partial charge < -0.3 is 15.3 Å². The molecule has 0 aliphatic heterocycles. The van der Waals surface area contributed by atoms with Crippen molar-refractivity contribution in [2.24, 2.45) is 5.73 Å². The number of carbonyl (C=O) groups is 1. The van der Waals surface area contributed by atoms with E-state index in [1.807, 2.05) is 18.2 Å². The lowest BCUT2D eigenvalue weighted by Crippen LogP contribution is -2.21.